The van der Waals surface area contributed by atoms with Gasteiger partial charge in [0, 0.05) is 45.3 Å². The Morgan fingerprint density at radius 2 is 1.22 bits per heavy atom. The van der Waals surface area contributed by atoms with E-state index in [9.17, 15) is 13.2 Å². The van der Waals surface area contributed by atoms with Crippen molar-refractivity contribution in [3.63, 3.8) is 0 Å². The molecule has 0 unspecified atom stereocenters. The maximum atomic E-state index is 12.4. The molecular weight excluding hydrogens is 364 g/mol. The van der Waals surface area contributed by atoms with Gasteiger partial charge in [0.2, 0.25) is 15.9 Å². The molecule has 0 radical (unpaired) electrons. The van der Waals surface area contributed by atoms with Gasteiger partial charge in [-0.15, -0.1) is 0 Å². The number of hydrogen-bond acceptors (Lipinski definition) is 5. The van der Waals surface area contributed by atoms with Gasteiger partial charge in [-0.1, -0.05) is 0 Å². The predicted octanol–water partition coefficient (Wildman–Crippen LogP) is 2.22. The van der Waals surface area contributed by atoms with Crippen LogP contribution >= 0.6 is 0 Å². The van der Waals surface area contributed by atoms with Gasteiger partial charge in [-0.05, 0) is 48.5 Å². The van der Waals surface area contributed by atoms with E-state index >= 15 is 0 Å². The van der Waals surface area contributed by atoms with E-state index in [0.29, 0.717) is 11.4 Å². The van der Waals surface area contributed by atoms with Crippen LogP contribution in [0.15, 0.2) is 48.5 Å². The second kappa shape index (κ2) is 8.30. The van der Waals surface area contributed by atoms with Crippen LogP contribution in [0.5, 0.6) is 0 Å². The van der Waals surface area contributed by atoms with Crippen LogP contribution in [0.1, 0.15) is 0 Å². The fourth-order valence-corrected chi connectivity index (χ4v) is 3.35. The topological polar surface area (TPSA) is 73.0 Å². The zero-order chi connectivity index (χ0) is 20.2. The zero-order valence-electron chi connectivity index (χ0n) is 16.3. The summed E-state index contributed by atoms with van der Waals surface area (Å²) >= 11 is 0. The van der Waals surface area contributed by atoms with E-state index in [1.54, 1.807) is 24.3 Å². The molecule has 2 rings (SSSR count). The number of anilines is 4. The third-order valence-electron chi connectivity index (χ3n) is 4.01. The lowest BCUT2D eigenvalue weighted by Crippen LogP contribution is -2.37. The minimum absolute atomic E-state index is 0.296. The molecule has 0 bridgehead atoms. The monoisotopic (exact) mass is 390 g/mol. The number of carbonyl (C=O) groups is 1. The third-order valence-corrected chi connectivity index (χ3v) is 5.15. The third kappa shape index (κ3) is 5.62. The molecule has 2 aromatic rings. The Bertz CT molecular complexity index is 876. The first kappa shape index (κ1) is 20.6. The van der Waals surface area contributed by atoms with Crippen LogP contribution in [0.25, 0.3) is 0 Å². The van der Waals surface area contributed by atoms with E-state index in [2.05, 4.69) is 5.32 Å². The Kier molecular flexibility index (Phi) is 6.32. The fourth-order valence-electron chi connectivity index (χ4n) is 2.49. The van der Waals surface area contributed by atoms with Crippen molar-refractivity contribution in [2.45, 2.75) is 0 Å². The highest BCUT2D eigenvalue weighted by Gasteiger charge is 2.21. The standard InChI is InChI=1S/C19H26N4O3S/c1-21(2)16-8-6-15(7-9-16)20-19(24)14-23(27(5,25)26)18-12-10-17(11-13-18)22(3)4/h6-13H,14H2,1-5H3,(H,20,24). The lowest BCUT2D eigenvalue weighted by atomic mass is 10.2. The van der Waals surface area contributed by atoms with Crippen LogP contribution in [0.4, 0.5) is 22.7 Å². The Labute approximate surface area is 161 Å². The smallest absolute Gasteiger partial charge is 0.245 e. The van der Waals surface area contributed by atoms with E-state index in [1.165, 1.54) is 0 Å². The highest BCUT2D eigenvalue weighted by molar-refractivity contribution is 7.92. The van der Waals surface area contributed by atoms with Crippen molar-refractivity contribution in [1.82, 2.24) is 0 Å². The summed E-state index contributed by atoms with van der Waals surface area (Å²) in [5.74, 6) is -0.408. The Hall–Kier alpha value is -2.74. The predicted molar refractivity (Wildman–Crippen MR) is 112 cm³/mol. The SMILES string of the molecule is CN(C)c1ccc(NC(=O)CN(c2ccc(N(C)C)cc2)S(C)(=O)=O)cc1. The molecule has 0 saturated heterocycles. The van der Waals surface area contributed by atoms with E-state index in [1.807, 2.05) is 62.3 Å². The van der Waals surface area contributed by atoms with Crippen molar-refractivity contribution in [1.29, 1.82) is 0 Å². The molecule has 0 saturated carbocycles. The second-order valence-electron chi connectivity index (χ2n) is 6.67. The molecule has 0 aliphatic rings. The van der Waals surface area contributed by atoms with Crippen molar-refractivity contribution >= 4 is 38.7 Å². The molecule has 0 aromatic heterocycles. The fraction of sp³-hybridized carbons (Fsp3) is 0.316. The van der Waals surface area contributed by atoms with E-state index in [0.717, 1.165) is 21.9 Å². The molecule has 146 valence electrons. The number of benzene rings is 2. The van der Waals surface area contributed by atoms with Crippen LogP contribution < -0.4 is 19.4 Å². The number of carbonyl (C=O) groups excluding carboxylic acids is 1. The van der Waals surface area contributed by atoms with Gasteiger partial charge >= 0.3 is 0 Å². The molecule has 7 nitrogen and oxygen atoms in total. The first-order valence-corrected chi connectivity index (χ1v) is 10.2. The molecule has 0 spiro atoms. The van der Waals surface area contributed by atoms with Crippen LogP contribution in [0.3, 0.4) is 0 Å². The molecule has 1 N–H and O–H groups in total. The summed E-state index contributed by atoms with van der Waals surface area (Å²) in [6, 6.07) is 14.3. The van der Waals surface area contributed by atoms with E-state index in [4.69, 9.17) is 0 Å². The molecule has 2 aromatic carbocycles. The average Bonchev–Trinajstić information content (AvgIpc) is 2.59. The first-order valence-electron chi connectivity index (χ1n) is 8.40. The number of nitrogens with zero attached hydrogens (tertiary/aromatic N) is 3. The van der Waals surface area contributed by atoms with Crippen molar-refractivity contribution in [3.8, 4) is 0 Å². The van der Waals surface area contributed by atoms with Crippen LogP contribution in [-0.4, -0.2) is 55.3 Å². The summed E-state index contributed by atoms with van der Waals surface area (Å²) in [6.07, 6.45) is 1.09. The molecule has 0 atom stereocenters. The normalized spacial score (nSPS) is 11.0. The molecule has 1 amide bonds. The largest absolute Gasteiger partial charge is 0.378 e. The second-order valence-corrected chi connectivity index (χ2v) is 8.58. The maximum Gasteiger partial charge on any atom is 0.245 e. The van der Waals surface area contributed by atoms with Crippen molar-refractivity contribution in [2.75, 3.05) is 60.4 Å². The highest BCUT2D eigenvalue weighted by Crippen LogP contribution is 2.22. The Morgan fingerprint density at radius 1 is 0.815 bits per heavy atom. The molecule has 0 heterocycles. The van der Waals surface area contributed by atoms with Crippen LogP contribution in [-0.2, 0) is 14.8 Å². The van der Waals surface area contributed by atoms with Gasteiger partial charge in [0.1, 0.15) is 6.54 Å². The summed E-state index contributed by atoms with van der Waals surface area (Å²) in [5, 5.41) is 2.74. The summed E-state index contributed by atoms with van der Waals surface area (Å²) in [7, 11) is 4.06. The number of amides is 1. The zero-order valence-corrected chi connectivity index (χ0v) is 17.1. The first-order chi connectivity index (χ1) is 12.6. The van der Waals surface area contributed by atoms with Crippen molar-refractivity contribution < 1.29 is 13.2 Å². The van der Waals surface area contributed by atoms with Gasteiger partial charge in [-0.3, -0.25) is 9.10 Å². The molecular formula is C19H26N4O3S. The molecule has 0 fully saturated rings. The summed E-state index contributed by atoms with van der Waals surface area (Å²) in [4.78, 5) is 16.3. The Balaban J connectivity index is 2.15. The molecule has 0 aliphatic heterocycles. The number of nitrogens with one attached hydrogen (secondary N) is 1. The molecule has 27 heavy (non-hydrogen) atoms. The van der Waals surface area contributed by atoms with E-state index < -0.39 is 15.9 Å². The van der Waals surface area contributed by atoms with Crippen LogP contribution in [0, 0.1) is 0 Å². The summed E-state index contributed by atoms with van der Waals surface area (Å²) in [5.41, 5.74) is 3.01. The van der Waals surface area contributed by atoms with Gasteiger partial charge < -0.3 is 15.1 Å². The van der Waals surface area contributed by atoms with Gasteiger partial charge in [0.25, 0.3) is 0 Å². The minimum Gasteiger partial charge on any atom is -0.378 e. The number of rotatable bonds is 7. The highest BCUT2D eigenvalue weighted by atomic mass is 32.2. The lowest BCUT2D eigenvalue weighted by molar-refractivity contribution is -0.114. The van der Waals surface area contributed by atoms with Gasteiger partial charge in [0.15, 0.2) is 0 Å². The van der Waals surface area contributed by atoms with Gasteiger partial charge in [-0.2, -0.15) is 0 Å². The van der Waals surface area contributed by atoms with Crippen molar-refractivity contribution in [2.24, 2.45) is 0 Å². The van der Waals surface area contributed by atoms with Crippen LogP contribution in [0.2, 0.25) is 0 Å². The maximum absolute atomic E-state index is 12.4. The molecule has 8 heteroatoms. The minimum atomic E-state index is -3.60. The number of hydrogen-bond donors (Lipinski definition) is 1. The quantitative estimate of drug-likeness (QED) is 0.785. The summed E-state index contributed by atoms with van der Waals surface area (Å²) in [6.45, 7) is -0.296. The summed E-state index contributed by atoms with van der Waals surface area (Å²) < 4.78 is 25.5. The van der Waals surface area contributed by atoms with Gasteiger partial charge in [-0.25, -0.2) is 8.42 Å². The lowest BCUT2D eigenvalue weighted by Gasteiger charge is -2.23. The van der Waals surface area contributed by atoms with E-state index in [-0.39, 0.29) is 6.54 Å². The van der Waals surface area contributed by atoms with Gasteiger partial charge in [0.05, 0.1) is 11.9 Å². The average molecular weight is 391 g/mol. The Morgan fingerprint density at radius 3 is 1.63 bits per heavy atom. The number of sulfonamides is 1. The molecule has 0 aliphatic carbocycles. The van der Waals surface area contributed by atoms with Crippen molar-refractivity contribution in [3.05, 3.63) is 48.5 Å².